The first-order valence-corrected chi connectivity index (χ1v) is 19.9. The van der Waals surface area contributed by atoms with Crippen molar-refractivity contribution in [1.29, 1.82) is 0 Å². The summed E-state index contributed by atoms with van der Waals surface area (Å²) in [5, 5.41) is 11.4. The highest BCUT2D eigenvalue weighted by atomic mass is 16.5. The summed E-state index contributed by atoms with van der Waals surface area (Å²) in [7, 11) is 6.79. The van der Waals surface area contributed by atoms with Gasteiger partial charge in [-0.1, -0.05) is 139 Å². The third-order valence-corrected chi connectivity index (χ3v) is 11.6. The average Bonchev–Trinajstić information content (AvgIpc) is 3.08. The van der Waals surface area contributed by atoms with Crippen molar-refractivity contribution >= 4 is 5.97 Å². The highest BCUT2D eigenvalue weighted by molar-refractivity contribution is 5.84. The summed E-state index contributed by atoms with van der Waals surface area (Å²) in [5.41, 5.74) is 10.7. The number of carboxylic acid groups (broad SMARTS) is 1. The van der Waals surface area contributed by atoms with Crippen LogP contribution in [0.15, 0.2) is 48.5 Å². The zero-order valence-corrected chi connectivity index (χ0v) is 37.2. The Labute approximate surface area is 336 Å². The van der Waals surface area contributed by atoms with Crippen molar-refractivity contribution in [3.05, 3.63) is 115 Å². The Morgan fingerprint density at radius 2 is 0.696 bits per heavy atom. The van der Waals surface area contributed by atoms with Crippen LogP contribution < -0.4 is 18.9 Å². The van der Waals surface area contributed by atoms with Crippen molar-refractivity contribution in [3.8, 4) is 23.0 Å². The minimum atomic E-state index is -1.09. The van der Waals surface area contributed by atoms with Gasteiger partial charge in [-0.25, -0.2) is 0 Å². The van der Waals surface area contributed by atoms with Crippen LogP contribution in [0.5, 0.6) is 23.0 Å². The van der Waals surface area contributed by atoms with Crippen molar-refractivity contribution in [1.82, 2.24) is 0 Å². The number of benzene rings is 4. The predicted octanol–water partition coefficient (Wildman–Crippen LogP) is 11.8. The first-order chi connectivity index (χ1) is 25.8. The van der Waals surface area contributed by atoms with Gasteiger partial charge in [0.05, 0.1) is 28.4 Å². The molecule has 1 aliphatic carbocycles. The van der Waals surface area contributed by atoms with Gasteiger partial charge in [-0.3, -0.25) is 4.79 Å². The summed E-state index contributed by atoms with van der Waals surface area (Å²) in [5.74, 6) is 0.556. The molecule has 6 heteroatoms. The van der Waals surface area contributed by atoms with E-state index in [1.807, 2.05) is 12.1 Å². The second kappa shape index (κ2) is 15.1. The van der Waals surface area contributed by atoms with E-state index in [0.717, 1.165) is 56.0 Å². The molecular formula is C50H66O6. The van der Waals surface area contributed by atoms with E-state index < -0.39 is 11.9 Å². The lowest BCUT2D eigenvalue weighted by molar-refractivity contribution is -0.137. The van der Waals surface area contributed by atoms with E-state index in [4.69, 9.17) is 18.9 Å². The summed E-state index contributed by atoms with van der Waals surface area (Å²) < 4.78 is 25.5. The highest BCUT2D eigenvalue weighted by Crippen LogP contribution is 2.49. The fourth-order valence-corrected chi connectivity index (χ4v) is 8.19. The number of hydrogen-bond donors (Lipinski definition) is 1. The Hall–Kier alpha value is -4.45. The minimum Gasteiger partial charge on any atom is -0.496 e. The monoisotopic (exact) mass is 762 g/mol. The molecule has 0 aliphatic heterocycles. The van der Waals surface area contributed by atoms with Gasteiger partial charge in [-0.15, -0.1) is 0 Å². The quantitative estimate of drug-likeness (QED) is 0.218. The van der Waals surface area contributed by atoms with Crippen LogP contribution >= 0.6 is 0 Å². The largest absolute Gasteiger partial charge is 0.496 e. The SMILES string of the molecule is COc1c2cc(C(C)(C)C)cc1C(C)c1cc(C(C)(C)C)cc(c1OC)Cc1cc(C(C)(C)C)cc(c1OC)C(C(=O)O)c1cc(C(C)(C)C)cc(c1OC)C2. The van der Waals surface area contributed by atoms with Crippen LogP contribution in [0.25, 0.3) is 0 Å². The second-order valence-electron chi connectivity index (χ2n) is 19.9. The molecule has 1 aliphatic rings. The Balaban J connectivity index is 2.09. The molecule has 4 aromatic carbocycles. The molecule has 0 saturated heterocycles. The molecular weight excluding hydrogens is 697 g/mol. The smallest absolute Gasteiger partial charge is 0.315 e. The molecule has 0 heterocycles. The highest BCUT2D eigenvalue weighted by Gasteiger charge is 2.36. The van der Waals surface area contributed by atoms with Crippen LogP contribution in [-0.4, -0.2) is 39.5 Å². The molecule has 56 heavy (non-hydrogen) atoms. The topological polar surface area (TPSA) is 74.2 Å². The van der Waals surface area contributed by atoms with E-state index in [1.54, 1.807) is 28.4 Å². The lowest BCUT2D eigenvalue weighted by Crippen LogP contribution is -2.21. The molecule has 0 unspecified atom stereocenters. The number of rotatable bonds is 5. The van der Waals surface area contributed by atoms with Gasteiger partial charge in [0.25, 0.3) is 0 Å². The van der Waals surface area contributed by atoms with Gasteiger partial charge in [-0.05, 0) is 66.2 Å². The van der Waals surface area contributed by atoms with Gasteiger partial charge in [-0.2, -0.15) is 0 Å². The summed E-state index contributed by atoms with van der Waals surface area (Å²) in [6, 6.07) is 17.6. The lowest BCUT2D eigenvalue weighted by atomic mass is 9.76. The third kappa shape index (κ3) is 8.17. The molecule has 5 rings (SSSR count). The molecule has 0 amide bonds. The molecule has 0 aromatic heterocycles. The first-order valence-electron chi connectivity index (χ1n) is 19.9. The van der Waals surface area contributed by atoms with E-state index in [-0.39, 0.29) is 27.6 Å². The molecule has 0 radical (unpaired) electrons. The van der Waals surface area contributed by atoms with Crippen LogP contribution in [0.1, 0.15) is 169 Å². The number of fused-ring (bicyclic) bond motifs is 8. The van der Waals surface area contributed by atoms with E-state index in [0.29, 0.717) is 35.5 Å². The Bertz CT molecular complexity index is 1980. The van der Waals surface area contributed by atoms with Crippen LogP contribution in [0.4, 0.5) is 0 Å². The zero-order chi connectivity index (χ0) is 41.9. The zero-order valence-electron chi connectivity index (χ0n) is 37.2. The van der Waals surface area contributed by atoms with Gasteiger partial charge in [0.15, 0.2) is 0 Å². The molecule has 1 N–H and O–H groups in total. The number of carbonyl (C=O) groups is 1. The molecule has 0 spiro atoms. The number of ether oxygens (including phenoxy) is 4. The first kappa shape index (κ1) is 42.7. The van der Waals surface area contributed by atoms with Gasteiger partial charge >= 0.3 is 5.97 Å². The Kier molecular flexibility index (Phi) is 11.5. The van der Waals surface area contributed by atoms with E-state index in [9.17, 15) is 9.90 Å². The fraction of sp³-hybridized carbons (Fsp3) is 0.500. The normalized spacial score (nSPS) is 16.3. The fourth-order valence-electron chi connectivity index (χ4n) is 8.19. The third-order valence-electron chi connectivity index (χ3n) is 11.6. The summed E-state index contributed by atoms with van der Waals surface area (Å²) in [6.45, 7) is 28.7. The van der Waals surface area contributed by atoms with Gasteiger partial charge in [0.2, 0.25) is 0 Å². The maximum atomic E-state index is 13.9. The van der Waals surface area contributed by atoms with Gasteiger partial charge in [0.1, 0.15) is 28.9 Å². The molecule has 0 saturated carbocycles. The van der Waals surface area contributed by atoms with Crippen molar-refractivity contribution in [2.24, 2.45) is 0 Å². The predicted molar refractivity (Wildman–Crippen MR) is 229 cm³/mol. The minimum absolute atomic E-state index is 0.108. The molecule has 4 aromatic rings. The summed E-state index contributed by atoms with van der Waals surface area (Å²) >= 11 is 0. The number of hydrogen-bond acceptors (Lipinski definition) is 5. The number of aliphatic carboxylic acids is 1. The summed E-state index contributed by atoms with van der Waals surface area (Å²) in [6.07, 6.45) is 0.933. The van der Waals surface area contributed by atoms with Crippen LogP contribution in [0, 0.1) is 0 Å². The molecule has 0 fully saturated rings. The standard InChI is InChI=1S/C50H66O6/c1-28-37-24-33(47(2,3)4)20-29(42(37)53-14)18-31-22-35(49(8,9)10)26-39(44(31)55-16)41(46(51)52)40-27-36(50(11,12)13)23-32(45(40)56-17)19-30-21-34(48(5,6)7)25-38(28)43(30)54-15/h20-28,41H,18-19H2,1-17H3,(H,51,52). The Morgan fingerprint density at radius 3 is 0.911 bits per heavy atom. The van der Waals surface area contributed by atoms with Gasteiger partial charge < -0.3 is 24.1 Å². The number of carboxylic acids is 1. The summed E-state index contributed by atoms with van der Waals surface area (Å²) in [4.78, 5) is 13.9. The second-order valence-corrected chi connectivity index (χ2v) is 19.9. The maximum Gasteiger partial charge on any atom is 0.315 e. The van der Waals surface area contributed by atoms with Crippen molar-refractivity contribution in [2.45, 2.75) is 136 Å². The van der Waals surface area contributed by atoms with Crippen molar-refractivity contribution < 1.29 is 28.8 Å². The molecule has 0 atom stereocenters. The number of methoxy groups -OCH3 is 4. The van der Waals surface area contributed by atoms with Crippen LogP contribution in [0.3, 0.4) is 0 Å². The van der Waals surface area contributed by atoms with E-state index in [1.165, 1.54) is 11.1 Å². The van der Waals surface area contributed by atoms with Gasteiger partial charge in [0, 0.05) is 41.0 Å². The Morgan fingerprint density at radius 1 is 0.464 bits per heavy atom. The van der Waals surface area contributed by atoms with E-state index in [2.05, 4.69) is 126 Å². The lowest BCUT2D eigenvalue weighted by Gasteiger charge is -2.31. The van der Waals surface area contributed by atoms with Crippen molar-refractivity contribution in [2.75, 3.05) is 28.4 Å². The molecule has 302 valence electrons. The molecule has 6 nitrogen and oxygen atoms in total. The van der Waals surface area contributed by atoms with Crippen LogP contribution in [-0.2, 0) is 39.3 Å². The van der Waals surface area contributed by atoms with Crippen molar-refractivity contribution in [3.63, 3.8) is 0 Å². The maximum absolute atomic E-state index is 13.9. The van der Waals surface area contributed by atoms with Crippen LogP contribution in [0.2, 0.25) is 0 Å². The van der Waals surface area contributed by atoms with E-state index >= 15 is 0 Å². The average molecular weight is 763 g/mol. The molecule has 8 bridgehead atoms.